The molecule has 2 aromatic rings. The van der Waals surface area contributed by atoms with E-state index in [-0.39, 0.29) is 12.3 Å². The summed E-state index contributed by atoms with van der Waals surface area (Å²) in [5.41, 5.74) is 6.84. The number of ether oxygens (including phenoxy) is 1. The Kier molecular flexibility index (Phi) is 5.76. The number of rotatable bonds is 7. The van der Waals surface area contributed by atoms with Gasteiger partial charge in [-0.15, -0.1) is 0 Å². The Bertz CT molecular complexity index is 752. The van der Waals surface area contributed by atoms with Crippen molar-refractivity contribution in [2.24, 2.45) is 5.73 Å². The van der Waals surface area contributed by atoms with Gasteiger partial charge in [0.25, 0.3) is 0 Å². The van der Waals surface area contributed by atoms with Gasteiger partial charge in [-0.1, -0.05) is 0 Å². The molecule has 0 spiro atoms. The molecule has 124 valence electrons. The number of fused-ring (bicyclic) bond motifs is 1. The van der Waals surface area contributed by atoms with Crippen LogP contribution in [-0.2, 0) is 11.2 Å². The van der Waals surface area contributed by atoms with Gasteiger partial charge >= 0.3 is 5.63 Å². The first-order valence-electron chi connectivity index (χ1n) is 7.64. The van der Waals surface area contributed by atoms with Crippen LogP contribution in [0.1, 0.15) is 24.0 Å². The number of amides is 1. The molecule has 1 aromatic heterocycles. The minimum absolute atomic E-state index is 0.0907. The number of carbonyl (C=O) groups excluding carboxylic acids is 1. The molecule has 2 rings (SSSR count). The first kappa shape index (κ1) is 17.0. The number of nitrogens with two attached hydrogens (primary N) is 1. The third kappa shape index (κ3) is 4.10. The average Bonchev–Trinajstić information content (AvgIpc) is 2.54. The highest BCUT2D eigenvalue weighted by molar-refractivity contribution is 5.82. The van der Waals surface area contributed by atoms with Gasteiger partial charge in [-0.25, -0.2) is 4.79 Å². The zero-order valence-corrected chi connectivity index (χ0v) is 13.5. The normalized spacial score (nSPS) is 10.7. The smallest absolute Gasteiger partial charge is 0.339 e. The SMILES string of the molecule is COc1ccc2c(C)c(CCC(=O)NCCCN)c(=O)oc2c1. The molecule has 6 heteroatoms. The monoisotopic (exact) mass is 318 g/mol. The first-order chi connectivity index (χ1) is 11.1. The number of hydrogen-bond acceptors (Lipinski definition) is 5. The van der Waals surface area contributed by atoms with Gasteiger partial charge in [0.05, 0.1) is 7.11 Å². The molecule has 1 heterocycles. The van der Waals surface area contributed by atoms with E-state index in [4.69, 9.17) is 14.9 Å². The van der Waals surface area contributed by atoms with Gasteiger partial charge in [0, 0.05) is 30.0 Å². The maximum absolute atomic E-state index is 12.2. The molecular weight excluding hydrogens is 296 g/mol. The molecular formula is C17H22N2O4. The van der Waals surface area contributed by atoms with Gasteiger partial charge in [0.2, 0.25) is 5.91 Å². The van der Waals surface area contributed by atoms with E-state index in [1.54, 1.807) is 13.2 Å². The summed E-state index contributed by atoms with van der Waals surface area (Å²) in [6.07, 6.45) is 1.34. The van der Waals surface area contributed by atoms with Gasteiger partial charge in [0.15, 0.2) is 0 Å². The first-order valence-corrected chi connectivity index (χ1v) is 7.64. The average molecular weight is 318 g/mol. The number of aryl methyl sites for hydroxylation is 1. The fourth-order valence-corrected chi connectivity index (χ4v) is 2.45. The van der Waals surface area contributed by atoms with Gasteiger partial charge in [0.1, 0.15) is 11.3 Å². The van der Waals surface area contributed by atoms with Crippen molar-refractivity contribution in [3.63, 3.8) is 0 Å². The lowest BCUT2D eigenvalue weighted by Crippen LogP contribution is -2.26. The van der Waals surface area contributed by atoms with Crippen molar-refractivity contribution < 1.29 is 13.9 Å². The van der Waals surface area contributed by atoms with E-state index in [1.807, 2.05) is 19.1 Å². The van der Waals surface area contributed by atoms with E-state index in [1.165, 1.54) is 0 Å². The van der Waals surface area contributed by atoms with Gasteiger partial charge in [-0.3, -0.25) is 4.79 Å². The molecule has 6 nitrogen and oxygen atoms in total. The van der Waals surface area contributed by atoms with E-state index in [0.717, 1.165) is 17.4 Å². The topological polar surface area (TPSA) is 94.6 Å². The zero-order chi connectivity index (χ0) is 16.8. The Hall–Kier alpha value is -2.34. The zero-order valence-electron chi connectivity index (χ0n) is 13.5. The predicted octanol–water partition coefficient (Wildman–Crippen LogP) is 1.51. The van der Waals surface area contributed by atoms with Crippen molar-refractivity contribution in [1.82, 2.24) is 5.32 Å². The van der Waals surface area contributed by atoms with E-state index >= 15 is 0 Å². The van der Waals surface area contributed by atoms with Crippen molar-refractivity contribution in [3.05, 3.63) is 39.7 Å². The number of carbonyl (C=O) groups is 1. The van der Waals surface area contributed by atoms with Crippen LogP contribution in [0.3, 0.4) is 0 Å². The molecule has 0 saturated heterocycles. The second-order valence-corrected chi connectivity index (χ2v) is 5.35. The van der Waals surface area contributed by atoms with Crippen LogP contribution >= 0.6 is 0 Å². The molecule has 23 heavy (non-hydrogen) atoms. The van der Waals surface area contributed by atoms with Crippen LogP contribution in [0.4, 0.5) is 0 Å². The highest BCUT2D eigenvalue weighted by Crippen LogP contribution is 2.24. The Balaban J connectivity index is 2.18. The third-order valence-corrected chi connectivity index (χ3v) is 3.80. The van der Waals surface area contributed by atoms with Crippen molar-refractivity contribution in [2.75, 3.05) is 20.2 Å². The standard InChI is InChI=1S/C17H22N2O4/c1-11-13-5-4-12(22-2)10-15(13)23-17(21)14(11)6-7-16(20)19-9-3-8-18/h4-5,10H,3,6-9,18H2,1-2H3,(H,19,20). The van der Waals surface area contributed by atoms with Gasteiger partial charge in [-0.2, -0.15) is 0 Å². The summed E-state index contributed by atoms with van der Waals surface area (Å²) in [7, 11) is 1.56. The largest absolute Gasteiger partial charge is 0.497 e. The van der Waals surface area contributed by atoms with Crippen molar-refractivity contribution in [2.45, 2.75) is 26.2 Å². The maximum atomic E-state index is 12.2. The Morgan fingerprint density at radius 2 is 2.17 bits per heavy atom. The quantitative estimate of drug-likeness (QED) is 0.596. The summed E-state index contributed by atoms with van der Waals surface area (Å²) in [4.78, 5) is 23.9. The summed E-state index contributed by atoms with van der Waals surface area (Å²) in [5.74, 6) is 0.541. The summed E-state index contributed by atoms with van der Waals surface area (Å²) in [5, 5.41) is 3.63. The summed E-state index contributed by atoms with van der Waals surface area (Å²) in [6, 6.07) is 5.36. The Morgan fingerprint density at radius 3 is 2.87 bits per heavy atom. The van der Waals surface area contributed by atoms with Crippen LogP contribution in [0.15, 0.2) is 27.4 Å². The second kappa shape index (κ2) is 7.78. The third-order valence-electron chi connectivity index (χ3n) is 3.80. The van der Waals surface area contributed by atoms with Crippen molar-refractivity contribution >= 4 is 16.9 Å². The highest BCUT2D eigenvalue weighted by atomic mass is 16.5. The molecule has 0 atom stereocenters. The van der Waals surface area contributed by atoms with Crippen LogP contribution in [0.2, 0.25) is 0 Å². The van der Waals surface area contributed by atoms with E-state index in [0.29, 0.717) is 36.4 Å². The number of methoxy groups -OCH3 is 1. The van der Waals surface area contributed by atoms with Gasteiger partial charge < -0.3 is 20.2 Å². The minimum atomic E-state index is -0.405. The Morgan fingerprint density at radius 1 is 1.39 bits per heavy atom. The van der Waals surface area contributed by atoms with Crippen LogP contribution in [0.25, 0.3) is 11.0 Å². The lowest BCUT2D eigenvalue weighted by atomic mass is 10.0. The number of benzene rings is 1. The van der Waals surface area contributed by atoms with Gasteiger partial charge in [-0.05, 0) is 44.0 Å². The summed E-state index contributed by atoms with van der Waals surface area (Å²) in [6.45, 7) is 2.96. The molecule has 0 saturated carbocycles. The molecule has 1 amide bonds. The van der Waals surface area contributed by atoms with Crippen molar-refractivity contribution in [3.8, 4) is 5.75 Å². The Labute approximate surface area is 134 Å². The van der Waals surface area contributed by atoms with Crippen LogP contribution in [-0.4, -0.2) is 26.1 Å². The van der Waals surface area contributed by atoms with Crippen LogP contribution in [0.5, 0.6) is 5.75 Å². The molecule has 0 aliphatic carbocycles. The molecule has 1 aromatic carbocycles. The lowest BCUT2D eigenvalue weighted by molar-refractivity contribution is -0.121. The molecule has 0 fully saturated rings. The number of hydrogen-bond donors (Lipinski definition) is 2. The van der Waals surface area contributed by atoms with Crippen LogP contribution in [0, 0.1) is 6.92 Å². The minimum Gasteiger partial charge on any atom is -0.497 e. The van der Waals surface area contributed by atoms with E-state index in [9.17, 15) is 9.59 Å². The summed E-state index contributed by atoms with van der Waals surface area (Å²) < 4.78 is 10.5. The molecule has 3 N–H and O–H groups in total. The molecule has 0 aliphatic rings. The molecule has 0 radical (unpaired) electrons. The lowest BCUT2D eigenvalue weighted by Gasteiger charge is -2.09. The maximum Gasteiger partial charge on any atom is 0.339 e. The number of nitrogens with one attached hydrogen (secondary N) is 1. The van der Waals surface area contributed by atoms with Crippen molar-refractivity contribution in [1.29, 1.82) is 0 Å². The fourth-order valence-electron chi connectivity index (χ4n) is 2.45. The van der Waals surface area contributed by atoms with E-state index < -0.39 is 5.63 Å². The molecule has 0 aliphatic heterocycles. The summed E-state index contributed by atoms with van der Waals surface area (Å²) >= 11 is 0. The second-order valence-electron chi connectivity index (χ2n) is 5.35. The predicted molar refractivity (Wildman–Crippen MR) is 88.8 cm³/mol. The van der Waals surface area contributed by atoms with E-state index in [2.05, 4.69) is 5.32 Å². The highest BCUT2D eigenvalue weighted by Gasteiger charge is 2.13. The molecule has 0 unspecified atom stereocenters. The van der Waals surface area contributed by atoms with Crippen LogP contribution < -0.4 is 21.4 Å². The molecule has 0 bridgehead atoms. The fraction of sp³-hybridized carbons (Fsp3) is 0.412.